The van der Waals surface area contributed by atoms with Crippen LogP contribution in [0.1, 0.15) is 203 Å². The average molecular weight is 1550 g/mol. The lowest BCUT2D eigenvalue weighted by Crippen LogP contribution is -2.55. The summed E-state index contributed by atoms with van der Waals surface area (Å²) in [4.78, 5) is 62.1. The van der Waals surface area contributed by atoms with Crippen LogP contribution in [0.2, 0.25) is 0 Å². The average Bonchev–Trinajstić information content (AvgIpc) is 1.49. The van der Waals surface area contributed by atoms with Crippen molar-refractivity contribution >= 4 is 35.7 Å². The molecule has 4 saturated heterocycles. The van der Waals surface area contributed by atoms with E-state index in [1.807, 2.05) is 14.7 Å². The number of carbonyl (C=O) groups is 4. The van der Waals surface area contributed by atoms with E-state index < -0.39 is 5.54 Å². The summed E-state index contributed by atoms with van der Waals surface area (Å²) in [5, 5.41) is 21.2. The molecule has 16 aliphatic rings. The second kappa shape index (κ2) is 25.8. The SMILES string of the molecule is COC(=O)N1CC[C@]2(N=Nc3cccc4c3C[C@H]3N(C(=O)OC)CC[C@@]43[C@]34CCC[C@H]3Cc3c(N=N[C@]56CCC[C@H]5Cc5ccccc56)cccc34)c3ccccc3C[C@H]12.COC(=O)N1CC[C@]2(c3cccc4c3C[C@H]3N(C(=O)OC)CC[C@@]43[C@]34CCC[C@H]3Cc3c([C@]56CCC[C@H]5Cc5ccccc56)cccc34)c3ccccc3C[C@H]12. The Morgan fingerprint density at radius 1 is 0.293 bits per heavy atom. The number of nitrogens with zero attached hydrogens (tertiary/aromatic N) is 8. The van der Waals surface area contributed by atoms with Crippen LogP contribution in [0.5, 0.6) is 0 Å². The van der Waals surface area contributed by atoms with E-state index in [0.29, 0.717) is 56.1 Å². The molecule has 4 heterocycles. The molecule has 8 fully saturated rings. The number of fused-ring (bicyclic) bond motifs is 26. The van der Waals surface area contributed by atoms with E-state index >= 15 is 0 Å². The molecule has 4 amide bonds. The lowest BCUT2D eigenvalue weighted by Gasteiger charge is -2.50. The highest BCUT2D eigenvalue weighted by molar-refractivity contribution is 5.76. The molecule has 4 aliphatic heterocycles. The molecule has 4 saturated carbocycles. The molecule has 0 unspecified atom stereocenters. The van der Waals surface area contributed by atoms with Crippen molar-refractivity contribution in [1.82, 2.24) is 19.6 Å². The molecule has 0 aromatic heterocycles. The molecule has 16 atom stereocenters. The molecule has 8 aromatic rings. The maximum Gasteiger partial charge on any atom is 0.409 e. The van der Waals surface area contributed by atoms with Gasteiger partial charge in [-0.3, -0.25) is 0 Å². The Kier molecular flexibility index (Phi) is 15.9. The second-order valence-corrected chi connectivity index (χ2v) is 37.7. The van der Waals surface area contributed by atoms with E-state index in [0.717, 1.165) is 113 Å². The molecular weight excluding hydrogens is 1440 g/mol. The molecular formula is C100H104N8O8. The van der Waals surface area contributed by atoms with E-state index in [-0.39, 0.29) is 86.6 Å². The zero-order chi connectivity index (χ0) is 78.0. The molecule has 8 aromatic carbocycles. The number of ether oxygens (including phenoxy) is 4. The van der Waals surface area contributed by atoms with Crippen LogP contribution in [-0.4, -0.2) is 123 Å². The lowest BCUT2D eigenvalue weighted by atomic mass is 9.53. The van der Waals surface area contributed by atoms with Gasteiger partial charge < -0.3 is 38.5 Å². The fourth-order valence-electron chi connectivity index (χ4n) is 31.1. The van der Waals surface area contributed by atoms with Crippen molar-refractivity contribution in [3.05, 3.63) is 270 Å². The number of hydrogen-bond donors (Lipinski definition) is 0. The van der Waals surface area contributed by atoms with Crippen molar-refractivity contribution in [2.24, 2.45) is 44.1 Å². The van der Waals surface area contributed by atoms with Crippen LogP contribution in [0, 0.1) is 23.7 Å². The summed E-state index contributed by atoms with van der Waals surface area (Å²) in [6, 6.07) is 63.4. The number of benzene rings is 8. The third-order valence-electron chi connectivity index (χ3n) is 34.8. The topological polar surface area (TPSA) is 168 Å². The van der Waals surface area contributed by atoms with Crippen LogP contribution < -0.4 is 0 Å². The van der Waals surface area contributed by atoms with Gasteiger partial charge in [-0.05, 0) is 264 Å². The van der Waals surface area contributed by atoms with Gasteiger partial charge in [-0.25, -0.2) is 19.2 Å². The van der Waals surface area contributed by atoms with Crippen molar-refractivity contribution in [3.63, 3.8) is 0 Å². The Morgan fingerprint density at radius 3 is 1.28 bits per heavy atom. The number of methoxy groups -OCH3 is 4. The highest BCUT2D eigenvalue weighted by Gasteiger charge is 2.74. The molecule has 592 valence electrons. The van der Waals surface area contributed by atoms with Gasteiger partial charge >= 0.3 is 24.4 Å². The van der Waals surface area contributed by atoms with Gasteiger partial charge in [-0.1, -0.05) is 183 Å². The summed E-state index contributed by atoms with van der Waals surface area (Å²) in [7, 11) is 6.02. The summed E-state index contributed by atoms with van der Waals surface area (Å²) in [6.07, 6.45) is 24.1. The van der Waals surface area contributed by atoms with E-state index in [2.05, 4.69) is 175 Å². The van der Waals surface area contributed by atoms with E-state index in [4.69, 9.17) is 39.4 Å². The Bertz CT molecular complexity index is 5560. The van der Waals surface area contributed by atoms with Gasteiger partial charge in [0.05, 0.1) is 51.9 Å². The number of amides is 4. The zero-order valence-corrected chi connectivity index (χ0v) is 67.4. The minimum absolute atomic E-state index is 0.00740. The normalized spacial score (nSPS) is 34.4. The van der Waals surface area contributed by atoms with Crippen LogP contribution in [0.25, 0.3) is 0 Å². The van der Waals surface area contributed by atoms with Gasteiger partial charge in [0.15, 0.2) is 0 Å². The highest BCUT2D eigenvalue weighted by atomic mass is 16.6. The maximum atomic E-state index is 14.0. The smallest absolute Gasteiger partial charge is 0.409 e. The van der Waals surface area contributed by atoms with Crippen molar-refractivity contribution in [2.45, 2.75) is 222 Å². The molecule has 24 rings (SSSR count). The summed E-state index contributed by atoms with van der Waals surface area (Å²) < 4.78 is 21.8. The van der Waals surface area contributed by atoms with Crippen LogP contribution in [0.15, 0.2) is 190 Å². The Labute approximate surface area is 680 Å². The first-order valence-electron chi connectivity index (χ1n) is 43.9. The Balaban J connectivity index is 0.000000137. The summed E-state index contributed by atoms with van der Waals surface area (Å²) in [5.74, 6) is 2.13. The number of carbonyl (C=O) groups excluding carboxylic acids is 4. The minimum Gasteiger partial charge on any atom is -0.453 e. The van der Waals surface area contributed by atoms with Crippen molar-refractivity contribution < 1.29 is 38.1 Å². The van der Waals surface area contributed by atoms with Gasteiger partial charge in [0.1, 0.15) is 11.1 Å². The number of likely N-dealkylation sites (tertiary alicyclic amines) is 4. The van der Waals surface area contributed by atoms with E-state index in [9.17, 15) is 19.2 Å². The highest BCUT2D eigenvalue weighted by Crippen LogP contribution is 2.74. The van der Waals surface area contributed by atoms with Gasteiger partial charge in [0.25, 0.3) is 0 Å². The standard InChI is InChI=1S/C50H52N6O4.C50H52N2O4/c1-59-45(57)55-25-23-48(40-18-8-20-42(36(40)30-43(48)55)52-54-50-24-26-56(46(58)60-2)44(50)28-32-12-4-6-16-38(32)50)47-21-9-13-33(47)29-35-39(47)17-7-19-41(35)51-53-49-22-10-14-34(49)27-31-11-3-5-15-37(31)49;1-55-45(53)51-25-23-48(38-16-6-4-12-32(38)28-43(48)51)40-18-8-20-42-36(40)30-44-50(42,24-26-52(44)46(54)56-2)49-22-10-14-34(49)29-35-39(17-7-19-41(35)49)47-21-9-13-33(47)27-31-11-3-5-15-37(31)47/h3-8,11-12,15-20,33-34,43-44H,9-10,13-14,21-30H2,1-2H3;3-8,11-12,15-20,33-34,43-44H,9-10,13-14,21-30H2,1-2H3/t33-,34-,43+,44-,47+,48+,49+,50-;33-,34-,43-,44+,47+,48+,49+,50+/m00/s1. The second-order valence-electron chi connectivity index (χ2n) is 37.7. The molecule has 116 heavy (non-hydrogen) atoms. The Morgan fingerprint density at radius 2 is 0.664 bits per heavy atom. The van der Waals surface area contributed by atoms with Gasteiger partial charge in [-0.15, -0.1) is 0 Å². The summed E-state index contributed by atoms with van der Waals surface area (Å²) in [5.41, 5.74) is 25.3. The lowest BCUT2D eigenvalue weighted by molar-refractivity contribution is 0.0918. The molecule has 0 spiro atoms. The van der Waals surface area contributed by atoms with Crippen LogP contribution in [-0.2, 0) is 114 Å². The first-order chi connectivity index (χ1) is 56.8. The van der Waals surface area contributed by atoms with E-state index in [1.165, 1.54) is 139 Å². The fourth-order valence-corrected chi connectivity index (χ4v) is 31.1. The molecule has 12 aliphatic carbocycles. The number of azo groups is 2. The predicted octanol–water partition coefficient (Wildman–Crippen LogP) is 19.3. The van der Waals surface area contributed by atoms with Crippen molar-refractivity contribution in [2.75, 3.05) is 54.6 Å². The van der Waals surface area contributed by atoms with Crippen LogP contribution in [0.3, 0.4) is 0 Å². The van der Waals surface area contributed by atoms with Gasteiger partial charge in [0.2, 0.25) is 0 Å². The molecule has 16 nitrogen and oxygen atoms in total. The van der Waals surface area contributed by atoms with Crippen molar-refractivity contribution in [3.8, 4) is 0 Å². The number of hydrogen-bond acceptors (Lipinski definition) is 12. The first-order valence-corrected chi connectivity index (χ1v) is 43.9. The molecule has 16 heteroatoms. The molecule has 0 bridgehead atoms. The molecule has 0 N–H and O–H groups in total. The molecule has 0 radical (unpaired) electrons. The van der Waals surface area contributed by atoms with Gasteiger partial charge in [0, 0.05) is 70.8 Å². The zero-order valence-electron chi connectivity index (χ0n) is 67.4. The van der Waals surface area contributed by atoms with Crippen molar-refractivity contribution in [1.29, 1.82) is 0 Å². The summed E-state index contributed by atoms with van der Waals surface area (Å²) >= 11 is 0. The van der Waals surface area contributed by atoms with Crippen LogP contribution in [0.4, 0.5) is 30.6 Å². The monoisotopic (exact) mass is 1540 g/mol. The first kappa shape index (κ1) is 71.4. The minimum atomic E-state index is -0.652. The largest absolute Gasteiger partial charge is 0.453 e. The van der Waals surface area contributed by atoms with Gasteiger partial charge in [-0.2, -0.15) is 20.5 Å². The maximum absolute atomic E-state index is 14.0. The quantitative estimate of drug-likeness (QED) is 0.107. The predicted molar refractivity (Wildman–Crippen MR) is 441 cm³/mol. The third kappa shape index (κ3) is 8.91. The van der Waals surface area contributed by atoms with Crippen LogP contribution >= 0.6 is 0 Å². The van der Waals surface area contributed by atoms with E-state index in [1.54, 1.807) is 34.9 Å². The fraction of sp³-hybridized carbons (Fsp3) is 0.480. The summed E-state index contributed by atoms with van der Waals surface area (Å²) in [6.45, 7) is 2.61. The Hall–Kier alpha value is -9.96. The third-order valence-corrected chi connectivity index (χ3v) is 34.8. The number of rotatable bonds is 8.